The lowest BCUT2D eigenvalue weighted by atomic mass is 10.2. The van der Waals surface area contributed by atoms with Crippen LogP contribution in [0.15, 0.2) is 16.8 Å². The average molecular weight is 272 g/mol. The minimum absolute atomic E-state index is 0.0823. The molecular formula is C11H11ClFN3O2. The van der Waals surface area contributed by atoms with Crippen molar-refractivity contribution in [3.05, 3.63) is 34.9 Å². The van der Waals surface area contributed by atoms with Crippen LogP contribution in [-0.2, 0) is 6.61 Å². The minimum atomic E-state index is -0.634. The molecule has 0 radical (unpaired) electrons. The van der Waals surface area contributed by atoms with Crippen molar-refractivity contribution in [2.45, 2.75) is 26.4 Å². The van der Waals surface area contributed by atoms with Crippen molar-refractivity contribution in [1.29, 1.82) is 0 Å². The Hall–Kier alpha value is -1.69. The van der Waals surface area contributed by atoms with E-state index in [0.29, 0.717) is 11.7 Å². The van der Waals surface area contributed by atoms with Crippen molar-refractivity contribution in [2.24, 2.45) is 0 Å². The number of rotatable bonds is 4. The Morgan fingerprint density at radius 1 is 1.50 bits per heavy atom. The fourth-order valence-corrected chi connectivity index (χ4v) is 1.29. The summed E-state index contributed by atoms with van der Waals surface area (Å²) in [5, 5.41) is 3.55. The van der Waals surface area contributed by atoms with Crippen LogP contribution >= 0.6 is 11.6 Å². The molecule has 0 aliphatic rings. The molecule has 0 bridgehead atoms. The molecule has 0 unspecified atom stereocenters. The summed E-state index contributed by atoms with van der Waals surface area (Å²) in [4.78, 5) is 7.75. The third-order valence-corrected chi connectivity index (χ3v) is 2.39. The topological polar surface area (TPSA) is 61.0 Å². The molecule has 0 N–H and O–H groups in total. The summed E-state index contributed by atoms with van der Waals surface area (Å²) < 4.78 is 23.4. The van der Waals surface area contributed by atoms with Crippen LogP contribution in [0.5, 0.6) is 5.75 Å². The monoisotopic (exact) mass is 271 g/mol. The predicted octanol–water partition coefficient (Wildman–Crippen LogP) is 2.96. The molecule has 5 nitrogen and oxygen atoms in total. The van der Waals surface area contributed by atoms with E-state index in [1.54, 1.807) is 0 Å². The van der Waals surface area contributed by atoms with Gasteiger partial charge in [-0.15, -0.1) is 0 Å². The Morgan fingerprint density at radius 3 is 2.89 bits per heavy atom. The molecule has 0 saturated heterocycles. The number of hydrogen-bond donors (Lipinski definition) is 0. The Morgan fingerprint density at radius 2 is 2.28 bits per heavy atom. The van der Waals surface area contributed by atoms with Crippen molar-refractivity contribution >= 4 is 11.6 Å². The molecule has 0 fully saturated rings. The minimum Gasteiger partial charge on any atom is -0.484 e. The van der Waals surface area contributed by atoms with E-state index in [4.69, 9.17) is 20.9 Å². The van der Waals surface area contributed by atoms with E-state index < -0.39 is 5.82 Å². The molecule has 2 rings (SSSR count). The second kappa shape index (κ2) is 5.30. The zero-order valence-electron chi connectivity index (χ0n) is 9.85. The summed E-state index contributed by atoms with van der Waals surface area (Å²) in [5.74, 6) is 0.710. The Kier molecular flexibility index (Phi) is 3.76. The van der Waals surface area contributed by atoms with Gasteiger partial charge in [0.2, 0.25) is 11.7 Å². The summed E-state index contributed by atoms with van der Waals surface area (Å²) in [6, 6.07) is 1.15. The number of nitrogens with zero attached hydrogens (tertiary/aromatic N) is 3. The first kappa shape index (κ1) is 12.8. The zero-order valence-corrected chi connectivity index (χ0v) is 10.6. The largest absolute Gasteiger partial charge is 0.484 e. The first-order valence-electron chi connectivity index (χ1n) is 5.32. The highest BCUT2D eigenvalue weighted by Crippen LogP contribution is 2.18. The van der Waals surface area contributed by atoms with Crippen LogP contribution in [0.4, 0.5) is 4.39 Å². The van der Waals surface area contributed by atoms with Crippen LogP contribution in [0.25, 0.3) is 0 Å². The van der Waals surface area contributed by atoms with Crippen molar-refractivity contribution < 1.29 is 13.7 Å². The Bertz CT molecular complexity index is 545. The molecule has 2 heterocycles. The zero-order chi connectivity index (χ0) is 13.1. The fourth-order valence-electron chi connectivity index (χ4n) is 1.19. The van der Waals surface area contributed by atoms with Crippen molar-refractivity contribution in [1.82, 2.24) is 15.1 Å². The summed E-state index contributed by atoms with van der Waals surface area (Å²) in [7, 11) is 0. The van der Waals surface area contributed by atoms with Gasteiger partial charge in [0.15, 0.2) is 17.6 Å². The second-order valence-corrected chi connectivity index (χ2v) is 4.29. The maximum Gasteiger partial charge on any atom is 0.229 e. The van der Waals surface area contributed by atoms with Crippen LogP contribution in [0, 0.1) is 5.82 Å². The molecule has 18 heavy (non-hydrogen) atoms. The molecule has 0 aromatic carbocycles. The summed E-state index contributed by atoms with van der Waals surface area (Å²) in [6.45, 7) is 3.96. The maximum absolute atomic E-state index is 13.1. The van der Waals surface area contributed by atoms with Gasteiger partial charge in [0.05, 0.1) is 6.20 Å². The molecule has 2 aromatic heterocycles. The maximum atomic E-state index is 13.1. The number of aromatic nitrogens is 3. The van der Waals surface area contributed by atoms with Gasteiger partial charge in [0.1, 0.15) is 5.75 Å². The first-order valence-corrected chi connectivity index (χ1v) is 5.70. The highest BCUT2D eigenvalue weighted by atomic mass is 35.5. The number of pyridine rings is 1. The third kappa shape index (κ3) is 2.95. The van der Waals surface area contributed by atoms with E-state index in [9.17, 15) is 4.39 Å². The van der Waals surface area contributed by atoms with Gasteiger partial charge < -0.3 is 9.26 Å². The van der Waals surface area contributed by atoms with Gasteiger partial charge in [-0.05, 0) is 0 Å². The highest BCUT2D eigenvalue weighted by molar-refractivity contribution is 6.29. The molecule has 2 aromatic rings. The summed E-state index contributed by atoms with van der Waals surface area (Å²) in [5.41, 5.74) is 0. The van der Waals surface area contributed by atoms with Gasteiger partial charge in [-0.2, -0.15) is 4.98 Å². The van der Waals surface area contributed by atoms with Gasteiger partial charge in [0.25, 0.3) is 0 Å². The van der Waals surface area contributed by atoms with Gasteiger partial charge in [-0.3, -0.25) is 0 Å². The van der Waals surface area contributed by atoms with Crippen LogP contribution in [-0.4, -0.2) is 15.1 Å². The van der Waals surface area contributed by atoms with E-state index in [0.717, 1.165) is 6.07 Å². The molecule has 7 heteroatoms. The highest BCUT2D eigenvalue weighted by Gasteiger charge is 2.10. The third-order valence-electron chi connectivity index (χ3n) is 2.12. The molecule has 96 valence electrons. The fraction of sp³-hybridized carbons (Fsp3) is 0.364. The molecule has 0 atom stereocenters. The quantitative estimate of drug-likeness (QED) is 0.800. The van der Waals surface area contributed by atoms with Crippen molar-refractivity contribution in [3.8, 4) is 5.75 Å². The van der Waals surface area contributed by atoms with Crippen LogP contribution in [0.1, 0.15) is 31.5 Å². The van der Waals surface area contributed by atoms with E-state index in [-0.39, 0.29) is 23.4 Å². The molecule has 0 amide bonds. The predicted molar refractivity (Wildman–Crippen MR) is 61.9 cm³/mol. The Balaban J connectivity index is 2.00. The van der Waals surface area contributed by atoms with Gasteiger partial charge in [-0.1, -0.05) is 30.6 Å². The van der Waals surface area contributed by atoms with Gasteiger partial charge >= 0.3 is 0 Å². The van der Waals surface area contributed by atoms with Crippen molar-refractivity contribution in [2.75, 3.05) is 0 Å². The average Bonchev–Trinajstić information content (AvgIpc) is 2.79. The lowest BCUT2D eigenvalue weighted by Crippen LogP contribution is -1.99. The second-order valence-electron chi connectivity index (χ2n) is 3.94. The molecule has 0 aliphatic carbocycles. The molecular weight excluding hydrogens is 261 g/mol. The van der Waals surface area contributed by atoms with Crippen LogP contribution < -0.4 is 4.74 Å². The standard InChI is InChI=1S/C11H11ClFN3O2/c1-6(2)11-15-9(16-18-11)5-17-7-3-8(13)10(12)14-4-7/h3-4,6H,5H2,1-2H3. The van der Waals surface area contributed by atoms with Crippen molar-refractivity contribution in [3.63, 3.8) is 0 Å². The van der Waals surface area contributed by atoms with Gasteiger partial charge in [0, 0.05) is 12.0 Å². The summed E-state index contributed by atoms with van der Waals surface area (Å²) >= 11 is 5.45. The van der Waals surface area contributed by atoms with Crippen LogP contribution in [0.3, 0.4) is 0 Å². The van der Waals surface area contributed by atoms with E-state index in [1.807, 2.05) is 13.8 Å². The van der Waals surface area contributed by atoms with E-state index in [2.05, 4.69) is 15.1 Å². The van der Waals surface area contributed by atoms with Crippen LogP contribution in [0.2, 0.25) is 5.15 Å². The number of hydrogen-bond acceptors (Lipinski definition) is 5. The SMILES string of the molecule is CC(C)c1nc(COc2cnc(Cl)c(F)c2)no1. The molecule has 0 spiro atoms. The normalized spacial score (nSPS) is 10.9. The molecule has 0 saturated carbocycles. The number of halogens is 2. The first-order chi connectivity index (χ1) is 8.56. The summed E-state index contributed by atoms with van der Waals surface area (Å²) in [6.07, 6.45) is 1.33. The van der Waals surface area contributed by atoms with Gasteiger partial charge in [-0.25, -0.2) is 9.37 Å². The van der Waals surface area contributed by atoms with E-state index in [1.165, 1.54) is 6.20 Å². The molecule has 0 aliphatic heterocycles. The lowest BCUT2D eigenvalue weighted by molar-refractivity contribution is 0.282. The lowest BCUT2D eigenvalue weighted by Gasteiger charge is -2.02. The smallest absolute Gasteiger partial charge is 0.229 e. The Labute approximate surface area is 108 Å². The van der Waals surface area contributed by atoms with E-state index >= 15 is 0 Å². The number of ether oxygens (including phenoxy) is 1.